The monoisotopic (exact) mass is 223 g/mol. The molecular weight excluding hydrogens is 202 g/mol. The number of aryl methyl sites for hydroxylation is 2. The van der Waals surface area contributed by atoms with Crippen LogP contribution in [0.25, 0.3) is 0 Å². The zero-order valence-electron chi connectivity index (χ0n) is 10.4. The Hall–Kier alpha value is -1.16. The molecule has 2 N–H and O–H groups in total. The molecule has 0 aliphatic carbocycles. The molecule has 4 heteroatoms. The summed E-state index contributed by atoms with van der Waals surface area (Å²) in [6.07, 6.45) is 2.27. The molecule has 0 aliphatic heterocycles. The molecule has 0 bridgehead atoms. The van der Waals surface area contributed by atoms with E-state index in [1.807, 2.05) is 27.0 Å². The molecule has 0 fully saturated rings. The first-order valence-corrected chi connectivity index (χ1v) is 5.77. The van der Waals surface area contributed by atoms with E-state index in [0.29, 0.717) is 13.0 Å². The van der Waals surface area contributed by atoms with Crippen molar-refractivity contribution in [1.29, 1.82) is 0 Å². The standard InChI is InChI=1S/C12H21N3O/c1-9(5-4-6-13)12(16)8-11-7-10(2)14-15(11)3/h7,9H,4-6,8,13H2,1-3H3. The van der Waals surface area contributed by atoms with Crippen molar-refractivity contribution in [2.75, 3.05) is 6.54 Å². The summed E-state index contributed by atoms with van der Waals surface area (Å²) in [6.45, 7) is 4.56. The number of rotatable bonds is 6. The Morgan fingerprint density at radius 1 is 1.62 bits per heavy atom. The summed E-state index contributed by atoms with van der Waals surface area (Å²) >= 11 is 0. The Morgan fingerprint density at radius 2 is 2.31 bits per heavy atom. The molecule has 1 rings (SSSR count). The van der Waals surface area contributed by atoms with Gasteiger partial charge in [-0.3, -0.25) is 9.48 Å². The highest BCUT2D eigenvalue weighted by Crippen LogP contribution is 2.11. The second-order valence-electron chi connectivity index (χ2n) is 4.38. The summed E-state index contributed by atoms with van der Waals surface area (Å²) in [6, 6.07) is 1.97. The van der Waals surface area contributed by atoms with Crippen LogP contribution in [0, 0.1) is 12.8 Å². The number of ketones is 1. The molecule has 90 valence electrons. The molecule has 1 heterocycles. The fraction of sp³-hybridized carbons (Fsp3) is 0.667. The lowest BCUT2D eigenvalue weighted by Crippen LogP contribution is -2.16. The van der Waals surface area contributed by atoms with Gasteiger partial charge in [-0.2, -0.15) is 5.10 Å². The lowest BCUT2D eigenvalue weighted by molar-refractivity contribution is -0.122. The third kappa shape index (κ3) is 3.45. The van der Waals surface area contributed by atoms with Gasteiger partial charge in [0.2, 0.25) is 0 Å². The van der Waals surface area contributed by atoms with E-state index in [4.69, 9.17) is 5.73 Å². The topological polar surface area (TPSA) is 60.9 Å². The van der Waals surface area contributed by atoms with E-state index >= 15 is 0 Å². The summed E-state index contributed by atoms with van der Waals surface area (Å²) in [5.41, 5.74) is 7.38. The highest BCUT2D eigenvalue weighted by Gasteiger charge is 2.15. The van der Waals surface area contributed by atoms with Crippen molar-refractivity contribution in [1.82, 2.24) is 9.78 Å². The van der Waals surface area contributed by atoms with Crippen molar-refractivity contribution in [3.05, 3.63) is 17.5 Å². The Kier molecular flexibility index (Phi) is 4.68. The van der Waals surface area contributed by atoms with E-state index in [1.165, 1.54) is 0 Å². The number of carbonyl (C=O) groups is 1. The van der Waals surface area contributed by atoms with E-state index in [-0.39, 0.29) is 11.7 Å². The van der Waals surface area contributed by atoms with Crippen LogP contribution >= 0.6 is 0 Å². The van der Waals surface area contributed by atoms with Gasteiger partial charge in [-0.05, 0) is 32.4 Å². The number of nitrogens with zero attached hydrogens (tertiary/aromatic N) is 2. The van der Waals surface area contributed by atoms with E-state index in [9.17, 15) is 4.79 Å². The molecule has 16 heavy (non-hydrogen) atoms. The molecule has 0 amide bonds. The lowest BCUT2D eigenvalue weighted by Gasteiger charge is -2.09. The SMILES string of the molecule is Cc1cc(CC(=O)C(C)CCCN)n(C)n1. The second kappa shape index (κ2) is 5.80. The molecule has 0 saturated heterocycles. The van der Waals surface area contributed by atoms with Crippen LogP contribution in [0.2, 0.25) is 0 Å². The van der Waals surface area contributed by atoms with Crippen LogP contribution in [0.15, 0.2) is 6.07 Å². The number of carbonyl (C=O) groups excluding carboxylic acids is 1. The molecule has 0 aromatic carbocycles. The minimum absolute atomic E-state index is 0.0961. The smallest absolute Gasteiger partial charge is 0.141 e. The largest absolute Gasteiger partial charge is 0.330 e. The third-order valence-electron chi connectivity index (χ3n) is 2.85. The van der Waals surface area contributed by atoms with Gasteiger partial charge in [-0.15, -0.1) is 0 Å². The first-order chi connectivity index (χ1) is 7.54. The zero-order valence-corrected chi connectivity index (χ0v) is 10.4. The van der Waals surface area contributed by atoms with Gasteiger partial charge in [0.1, 0.15) is 5.78 Å². The van der Waals surface area contributed by atoms with Crippen LogP contribution < -0.4 is 5.73 Å². The van der Waals surface area contributed by atoms with Crippen molar-refractivity contribution < 1.29 is 4.79 Å². The third-order valence-corrected chi connectivity index (χ3v) is 2.85. The van der Waals surface area contributed by atoms with E-state index in [2.05, 4.69) is 5.10 Å². The Bertz CT molecular complexity index is 357. The van der Waals surface area contributed by atoms with Crippen LogP contribution in [-0.2, 0) is 18.3 Å². The predicted molar refractivity (Wildman–Crippen MR) is 64.1 cm³/mol. The van der Waals surface area contributed by atoms with Crippen molar-refractivity contribution in [3.8, 4) is 0 Å². The summed E-state index contributed by atoms with van der Waals surface area (Å²) in [5.74, 6) is 0.371. The average Bonchev–Trinajstić information content (AvgIpc) is 2.53. The van der Waals surface area contributed by atoms with Gasteiger partial charge in [-0.25, -0.2) is 0 Å². The van der Waals surface area contributed by atoms with Gasteiger partial charge in [0.25, 0.3) is 0 Å². The van der Waals surface area contributed by atoms with Gasteiger partial charge in [0.15, 0.2) is 0 Å². The first kappa shape index (κ1) is 12.9. The maximum absolute atomic E-state index is 11.9. The predicted octanol–water partition coefficient (Wildman–Crippen LogP) is 1.22. The van der Waals surface area contributed by atoms with Crippen molar-refractivity contribution >= 4 is 5.78 Å². The molecule has 1 unspecified atom stereocenters. The summed E-state index contributed by atoms with van der Waals surface area (Å²) in [5, 5.41) is 4.23. The number of aromatic nitrogens is 2. The van der Waals surface area contributed by atoms with E-state index in [0.717, 1.165) is 24.2 Å². The quantitative estimate of drug-likeness (QED) is 0.788. The molecule has 1 aromatic heterocycles. The van der Waals surface area contributed by atoms with Crippen molar-refractivity contribution in [3.63, 3.8) is 0 Å². The minimum atomic E-state index is 0.0961. The normalized spacial score (nSPS) is 12.8. The Labute approximate surface area is 96.8 Å². The number of hydrogen-bond donors (Lipinski definition) is 1. The zero-order chi connectivity index (χ0) is 12.1. The fourth-order valence-electron chi connectivity index (χ4n) is 1.77. The highest BCUT2D eigenvalue weighted by molar-refractivity contribution is 5.82. The average molecular weight is 223 g/mol. The van der Waals surface area contributed by atoms with Gasteiger partial charge in [0, 0.05) is 25.1 Å². The molecule has 4 nitrogen and oxygen atoms in total. The number of nitrogens with two attached hydrogens (primary N) is 1. The van der Waals surface area contributed by atoms with E-state index < -0.39 is 0 Å². The first-order valence-electron chi connectivity index (χ1n) is 5.77. The fourth-order valence-corrected chi connectivity index (χ4v) is 1.77. The second-order valence-corrected chi connectivity index (χ2v) is 4.38. The van der Waals surface area contributed by atoms with Crippen LogP contribution in [0.5, 0.6) is 0 Å². The van der Waals surface area contributed by atoms with Crippen LogP contribution in [-0.4, -0.2) is 22.1 Å². The maximum atomic E-state index is 11.9. The van der Waals surface area contributed by atoms with Gasteiger partial charge in [-0.1, -0.05) is 6.92 Å². The summed E-state index contributed by atoms with van der Waals surface area (Å²) in [4.78, 5) is 11.9. The van der Waals surface area contributed by atoms with Crippen molar-refractivity contribution in [2.45, 2.75) is 33.1 Å². The molecule has 1 atom stereocenters. The molecule has 0 radical (unpaired) electrons. The van der Waals surface area contributed by atoms with Gasteiger partial charge < -0.3 is 5.73 Å². The Morgan fingerprint density at radius 3 is 2.81 bits per heavy atom. The van der Waals surface area contributed by atoms with Crippen LogP contribution in [0.3, 0.4) is 0 Å². The molecule has 0 aliphatic rings. The maximum Gasteiger partial charge on any atom is 0.141 e. The van der Waals surface area contributed by atoms with Gasteiger partial charge in [0.05, 0.1) is 5.69 Å². The highest BCUT2D eigenvalue weighted by atomic mass is 16.1. The van der Waals surface area contributed by atoms with Crippen LogP contribution in [0.1, 0.15) is 31.2 Å². The van der Waals surface area contributed by atoms with Crippen molar-refractivity contribution in [2.24, 2.45) is 18.7 Å². The summed E-state index contributed by atoms with van der Waals surface area (Å²) in [7, 11) is 1.88. The molecule has 1 aromatic rings. The van der Waals surface area contributed by atoms with Gasteiger partial charge >= 0.3 is 0 Å². The molecule has 0 spiro atoms. The lowest BCUT2D eigenvalue weighted by atomic mass is 9.97. The number of Topliss-reactive ketones (excluding diaryl/α,β-unsaturated/α-hetero) is 1. The van der Waals surface area contributed by atoms with E-state index in [1.54, 1.807) is 4.68 Å². The number of hydrogen-bond acceptors (Lipinski definition) is 3. The van der Waals surface area contributed by atoms with Crippen LogP contribution in [0.4, 0.5) is 0 Å². The molecule has 0 saturated carbocycles. The minimum Gasteiger partial charge on any atom is -0.330 e. The summed E-state index contributed by atoms with van der Waals surface area (Å²) < 4.78 is 1.78. The Balaban J connectivity index is 2.53. The molecular formula is C12H21N3O.